The van der Waals surface area contributed by atoms with Gasteiger partial charge in [0, 0.05) is 16.1 Å². The summed E-state index contributed by atoms with van der Waals surface area (Å²) in [6, 6.07) is 15.1. The summed E-state index contributed by atoms with van der Waals surface area (Å²) in [5.74, 6) is -0.112. The van der Waals surface area contributed by atoms with E-state index >= 15 is 0 Å². The zero-order valence-electron chi connectivity index (χ0n) is 10.2. The van der Waals surface area contributed by atoms with Gasteiger partial charge >= 0.3 is 0 Å². The van der Waals surface area contributed by atoms with Crippen molar-refractivity contribution in [2.75, 3.05) is 5.32 Å². The van der Waals surface area contributed by atoms with Crippen molar-refractivity contribution in [3.63, 3.8) is 0 Å². The summed E-state index contributed by atoms with van der Waals surface area (Å²) >= 11 is 4.23. The van der Waals surface area contributed by atoms with Crippen LogP contribution in [0.15, 0.2) is 53.4 Å². The number of carbonyl (C=O) groups is 1. The molecule has 0 fully saturated rings. The lowest BCUT2D eigenvalue weighted by molar-refractivity contribution is 0.102. The Balaban J connectivity index is 2.16. The summed E-state index contributed by atoms with van der Waals surface area (Å²) in [4.78, 5) is 12.8. The molecule has 0 aliphatic carbocycles. The second-order valence-corrected chi connectivity index (χ2v) is 4.57. The molecule has 0 saturated carbocycles. The number of hydrogen-bond acceptors (Lipinski definition) is 2. The van der Waals surface area contributed by atoms with E-state index in [1.165, 1.54) is 5.56 Å². The highest BCUT2D eigenvalue weighted by Gasteiger charge is 2.06. The Labute approximate surface area is 112 Å². The number of aryl methyl sites for hydroxylation is 1. The fraction of sp³-hybridized carbons (Fsp3) is 0.133. The molecule has 92 valence electrons. The molecule has 2 aromatic rings. The summed E-state index contributed by atoms with van der Waals surface area (Å²) in [6.07, 6.45) is 0.954. The molecule has 0 bridgehead atoms. The maximum absolute atomic E-state index is 12.0. The summed E-state index contributed by atoms with van der Waals surface area (Å²) in [6.45, 7) is 2.09. The summed E-state index contributed by atoms with van der Waals surface area (Å²) in [7, 11) is 0. The Kier molecular flexibility index (Phi) is 4.05. The molecule has 0 atom stereocenters. The van der Waals surface area contributed by atoms with Crippen LogP contribution in [0.2, 0.25) is 0 Å². The van der Waals surface area contributed by atoms with E-state index in [1.54, 1.807) is 12.1 Å². The highest BCUT2D eigenvalue weighted by Crippen LogP contribution is 2.14. The lowest BCUT2D eigenvalue weighted by atomic mass is 10.1. The molecule has 2 rings (SSSR count). The largest absolute Gasteiger partial charge is 0.322 e. The van der Waals surface area contributed by atoms with E-state index < -0.39 is 0 Å². The van der Waals surface area contributed by atoms with Crippen LogP contribution in [0.1, 0.15) is 22.8 Å². The molecular weight excluding hydrogens is 242 g/mol. The number of rotatable bonds is 3. The molecule has 0 aromatic heterocycles. The van der Waals surface area contributed by atoms with Gasteiger partial charge in [-0.3, -0.25) is 4.79 Å². The first-order chi connectivity index (χ1) is 8.69. The van der Waals surface area contributed by atoms with Gasteiger partial charge < -0.3 is 5.32 Å². The minimum absolute atomic E-state index is 0.112. The molecule has 18 heavy (non-hydrogen) atoms. The number of benzene rings is 2. The molecule has 0 heterocycles. The standard InChI is InChI=1S/C15H15NOS/c1-2-11-5-3-7-13(9-11)16-15(17)12-6-4-8-14(18)10-12/h3-10,18H,2H2,1H3,(H,16,17). The van der Waals surface area contributed by atoms with Crippen molar-refractivity contribution < 1.29 is 4.79 Å². The second kappa shape index (κ2) is 5.74. The van der Waals surface area contributed by atoms with E-state index in [2.05, 4.69) is 24.9 Å². The Morgan fingerprint density at radius 1 is 1.17 bits per heavy atom. The molecule has 0 spiro atoms. The maximum atomic E-state index is 12.0. The van der Waals surface area contributed by atoms with Crippen LogP contribution in [-0.4, -0.2) is 5.91 Å². The van der Waals surface area contributed by atoms with Crippen LogP contribution < -0.4 is 5.32 Å². The van der Waals surface area contributed by atoms with Crippen LogP contribution in [0, 0.1) is 0 Å². The number of hydrogen-bond donors (Lipinski definition) is 2. The predicted octanol–water partition coefficient (Wildman–Crippen LogP) is 3.79. The fourth-order valence-corrected chi connectivity index (χ4v) is 1.94. The van der Waals surface area contributed by atoms with Crippen molar-refractivity contribution in [3.8, 4) is 0 Å². The van der Waals surface area contributed by atoms with Gasteiger partial charge in [-0.05, 0) is 42.3 Å². The number of anilines is 1. The topological polar surface area (TPSA) is 29.1 Å². The summed E-state index contributed by atoms with van der Waals surface area (Å²) < 4.78 is 0. The van der Waals surface area contributed by atoms with Crippen molar-refractivity contribution in [1.29, 1.82) is 0 Å². The van der Waals surface area contributed by atoms with Gasteiger partial charge in [-0.1, -0.05) is 25.1 Å². The van der Waals surface area contributed by atoms with Crippen LogP contribution in [0.4, 0.5) is 5.69 Å². The molecule has 1 amide bonds. The number of thiol groups is 1. The van der Waals surface area contributed by atoms with Crippen molar-refractivity contribution in [2.24, 2.45) is 0 Å². The van der Waals surface area contributed by atoms with Gasteiger partial charge in [0.1, 0.15) is 0 Å². The Morgan fingerprint density at radius 2 is 1.94 bits per heavy atom. The molecule has 3 heteroatoms. The SMILES string of the molecule is CCc1cccc(NC(=O)c2cccc(S)c2)c1. The first kappa shape index (κ1) is 12.7. The van der Waals surface area contributed by atoms with E-state index in [0.717, 1.165) is 17.0 Å². The van der Waals surface area contributed by atoms with Gasteiger partial charge in [-0.25, -0.2) is 0 Å². The van der Waals surface area contributed by atoms with Crippen LogP contribution in [0.3, 0.4) is 0 Å². The Bertz CT molecular complexity index is 566. The molecule has 0 aliphatic rings. The molecule has 0 radical (unpaired) electrons. The van der Waals surface area contributed by atoms with Crippen molar-refractivity contribution in [2.45, 2.75) is 18.2 Å². The molecule has 0 saturated heterocycles. The maximum Gasteiger partial charge on any atom is 0.255 e. The van der Waals surface area contributed by atoms with Gasteiger partial charge in [0.2, 0.25) is 0 Å². The Morgan fingerprint density at radius 3 is 2.67 bits per heavy atom. The van der Waals surface area contributed by atoms with Crippen LogP contribution in [0.25, 0.3) is 0 Å². The third kappa shape index (κ3) is 3.14. The first-order valence-electron chi connectivity index (χ1n) is 5.88. The van der Waals surface area contributed by atoms with Crippen molar-refractivity contribution in [3.05, 3.63) is 59.7 Å². The van der Waals surface area contributed by atoms with Gasteiger partial charge in [0.15, 0.2) is 0 Å². The molecular formula is C15H15NOS. The molecule has 0 aliphatic heterocycles. The second-order valence-electron chi connectivity index (χ2n) is 4.06. The third-order valence-corrected chi connectivity index (χ3v) is 2.98. The van der Waals surface area contributed by atoms with Crippen LogP contribution in [-0.2, 0) is 6.42 Å². The van der Waals surface area contributed by atoms with Gasteiger partial charge in [-0.2, -0.15) is 0 Å². The average molecular weight is 257 g/mol. The lowest BCUT2D eigenvalue weighted by Gasteiger charge is -2.07. The van der Waals surface area contributed by atoms with Crippen LogP contribution >= 0.6 is 12.6 Å². The number of carbonyl (C=O) groups excluding carboxylic acids is 1. The van der Waals surface area contributed by atoms with Gasteiger partial charge in [-0.15, -0.1) is 12.6 Å². The monoisotopic (exact) mass is 257 g/mol. The average Bonchev–Trinajstić information content (AvgIpc) is 2.39. The molecule has 2 nitrogen and oxygen atoms in total. The molecule has 0 unspecified atom stereocenters. The molecule has 1 N–H and O–H groups in total. The summed E-state index contributed by atoms with van der Waals surface area (Å²) in [5.41, 5.74) is 2.64. The normalized spacial score (nSPS) is 10.1. The highest BCUT2D eigenvalue weighted by molar-refractivity contribution is 7.80. The van der Waals surface area contributed by atoms with E-state index in [0.29, 0.717) is 5.56 Å². The van der Waals surface area contributed by atoms with E-state index in [4.69, 9.17) is 0 Å². The van der Waals surface area contributed by atoms with Gasteiger partial charge in [0.25, 0.3) is 5.91 Å². The zero-order chi connectivity index (χ0) is 13.0. The van der Waals surface area contributed by atoms with Gasteiger partial charge in [0.05, 0.1) is 0 Å². The Hall–Kier alpha value is -1.74. The smallest absolute Gasteiger partial charge is 0.255 e. The first-order valence-corrected chi connectivity index (χ1v) is 6.33. The number of nitrogens with one attached hydrogen (secondary N) is 1. The van der Waals surface area contributed by atoms with E-state index in [-0.39, 0.29) is 5.91 Å². The minimum atomic E-state index is -0.112. The molecule has 2 aromatic carbocycles. The number of amides is 1. The third-order valence-electron chi connectivity index (χ3n) is 2.70. The van der Waals surface area contributed by atoms with E-state index in [1.807, 2.05) is 36.4 Å². The predicted molar refractivity (Wildman–Crippen MR) is 77.5 cm³/mol. The van der Waals surface area contributed by atoms with Crippen LogP contribution in [0.5, 0.6) is 0 Å². The quantitative estimate of drug-likeness (QED) is 0.805. The fourth-order valence-electron chi connectivity index (χ4n) is 1.72. The minimum Gasteiger partial charge on any atom is -0.322 e. The van der Waals surface area contributed by atoms with Crippen molar-refractivity contribution >= 4 is 24.2 Å². The highest BCUT2D eigenvalue weighted by atomic mass is 32.1. The van der Waals surface area contributed by atoms with Crippen molar-refractivity contribution in [1.82, 2.24) is 0 Å². The van der Waals surface area contributed by atoms with E-state index in [9.17, 15) is 4.79 Å². The summed E-state index contributed by atoms with van der Waals surface area (Å²) in [5, 5.41) is 2.89. The zero-order valence-corrected chi connectivity index (χ0v) is 11.1. The lowest BCUT2D eigenvalue weighted by Crippen LogP contribution is -2.11.